The Balaban J connectivity index is 1.71. The molecule has 0 saturated carbocycles. The lowest BCUT2D eigenvalue weighted by molar-refractivity contribution is -0.119. The maximum atomic E-state index is 11.1. The fourth-order valence-corrected chi connectivity index (χ4v) is 2.62. The maximum absolute atomic E-state index is 11.1. The third kappa shape index (κ3) is 2.95. The molecule has 0 unspecified atom stereocenters. The van der Waals surface area contributed by atoms with Gasteiger partial charge in [0.1, 0.15) is 0 Å². The fraction of sp³-hybridized carbons (Fsp3) is 0.917. The number of hydrogen-bond acceptors (Lipinski definition) is 3. The smallest absolute Gasteiger partial charge is 0.220 e. The van der Waals surface area contributed by atoms with Crippen molar-refractivity contribution in [1.29, 1.82) is 0 Å². The highest BCUT2D eigenvalue weighted by Gasteiger charge is 2.25. The third-order valence-electron chi connectivity index (χ3n) is 3.72. The summed E-state index contributed by atoms with van der Waals surface area (Å²) in [5, 5.41) is 2.91. The molecule has 0 spiro atoms. The highest BCUT2D eigenvalue weighted by atomic mass is 16.1. The number of rotatable bonds is 3. The second-order valence-corrected chi connectivity index (χ2v) is 5.30. The van der Waals surface area contributed by atoms with Crippen molar-refractivity contribution in [2.45, 2.75) is 26.3 Å². The molecule has 1 N–H and O–H groups in total. The van der Waals surface area contributed by atoms with E-state index in [9.17, 15) is 4.79 Å². The maximum Gasteiger partial charge on any atom is 0.220 e. The summed E-state index contributed by atoms with van der Waals surface area (Å²) in [6.07, 6.45) is 0.727. The van der Waals surface area contributed by atoms with Crippen LogP contribution < -0.4 is 5.32 Å². The number of carbonyl (C=O) groups excluding carboxylic acids is 1. The van der Waals surface area contributed by atoms with Gasteiger partial charge in [0.15, 0.2) is 0 Å². The predicted octanol–water partition coefficient (Wildman–Crippen LogP) is 0.149. The van der Waals surface area contributed by atoms with E-state index in [1.54, 1.807) is 0 Å². The van der Waals surface area contributed by atoms with Crippen LogP contribution in [-0.2, 0) is 4.79 Å². The van der Waals surface area contributed by atoms with E-state index in [4.69, 9.17) is 0 Å². The van der Waals surface area contributed by atoms with Crippen molar-refractivity contribution in [3.63, 3.8) is 0 Å². The highest BCUT2D eigenvalue weighted by molar-refractivity contribution is 5.78. The Morgan fingerprint density at radius 3 is 2.50 bits per heavy atom. The van der Waals surface area contributed by atoms with Gasteiger partial charge in [-0.1, -0.05) is 0 Å². The number of nitrogens with zero attached hydrogens (tertiary/aromatic N) is 2. The van der Waals surface area contributed by atoms with E-state index in [2.05, 4.69) is 29.0 Å². The van der Waals surface area contributed by atoms with Gasteiger partial charge in [-0.15, -0.1) is 0 Å². The summed E-state index contributed by atoms with van der Waals surface area (Å²) >= 11 is 0. The van der Waals surface area contributed by atoms with E-state index in [-0.39, 0.29) is 5.91 Å². The number of nitrogens with one attached hydrogen (secondary N) is 1. The molecule has 1 amide bonds. The van der Waals surface area contributed by atoms with Crippen molar-refractivity contribution < 1.29 is 4.79 Å². The van der Waals surface area contributed by atoms with E-state index in [0.717, 1.165) is 32.6 Å². The van der Waals surface area contributed by atoms with Gasteiger partial charge in [-0.3, -0.25) is 9.69 Å². The first kappa shape index (κ1) is 11.9. The third-order valence-corrected chi connectivity index (χ3v) is 3.72. The van der Waals surface area contributed by atoms with Crippen molar-refractivity contribution in [1.82, 2.24) is 15.1 Å². The molecule has 0 aromatic carbocycles. The van der Waals surface area contributed by atoms with Crippen molar-refractivity contribution in [2.24, 2.45) is 5.92 Å². The van der Waals surface area contributed by atoms with Gasteiger partial charge in [-0.2, -0.15) is 0 Å². The molecule has 0 aliphatic carbocycles. The van der Waals surface area contributed by atoms with Crippen LogP contribution in [0.3, 0.4) is 0 Å². The average Bonchev–Trinajstić information content (AvgIpc) is 2.65. The van der Waals surface area contributed by atoms with Crippen LogP contribution in [0.2, 0.25) is 0 Å². The topological polar surface area (TPSA) is 35.6 Å². The minimum atomic E-state index is 0.228. The standard InChI is InChI=1S/C12H23N3O/c1-10(2)15-5-3-14(4-6-15)9-11-7-12(16)13-8-11/h10-11H,3-9H2,1-2H3,(H,13,16)/t11-/m0/s1. The molecule has 0 radical (unpaired) electrons. The van der Waals surface area contributed by atoms with Crippen LogP contribution in [-0.4, -0.2) is 61.0 Å². The fourth-order valence-electron chi connectivity index (χ4n) is 2.62. The van der Waals surface area contributed by atoms with E-state index < -0.39 is 0 Å². The summed E-state index contributed by atoms with van der Waals surface area (Å²) < 4.78 is 0. The Kier molecular flexibility index (Phi) is 3.82. The molecule has 0 bridgehead atoms. The van der Waals surface area contributed by atoms with Crippen molar-refractivity contribution in [3.05, 3.63) is 0 Å². The molecule has 2 saturated heterocycles. The van der Waals surface area contributed by atoms with Crippen LogP contribution in [0.25, 0.3) is 0 Å². The van der Waals surface area contributed by atoms with Gasteiger partial charge in [0.25, 0.3) is 0 Å². The molecule has 4 nitrogen and oxygen atoms in total. The molecule has 2 fully saturated rings. The minimum absolute atomic E-state index is 0.228. The molecule has 0 aromatic heterocycles. The van der Waals surface area contributed by atoms with Gasteiger partial charge in [0, 0.05) is 51.7 Å². The van der Waals surface area contributed by atoms with E-state index in [1.165, 1.54) is 13.1 Å². The molecule has 92 valence electrons. The van der Waals surface area contributed by atoms with Gasteiger partial charge >= 0.3 is 0 Å². The summed E-state index contributed by atoms with van der Waals surface area (Å²) in [7, 11) is 0. The molecule has 2 heterocycles. The first-order valence-corrected chi connectivity index (χ1v) is 6.38. The van der Waals surface area contributed by atoms with Gasteiger partial charge in [0.2, 0.25) is 5.91 Å². The summed E-state index contributed by atoms with van der Waals surface area (Å²) in [6.45, 7) is 11.1. The lowest BCUT2D eigenvalue weighted by Crippen LogP contribution is -2.50. The van der Waals surface area contributed by atoms with Gasteiger partial charge in [-0.25, -0.2) is 0 Å². The monoisotopic (exact) mass is 225 g/mol. The normalized spacial score (nSPS) is 28.7. The summed E-state index contributed by atoms with van der Waals surface area (Å²) in [5.74, 6) is 0.768. The average molecular weight is 225 g/mol. The Hall–Kier alpha value is -0.610. The van der Waals surface area contributed by atoms with Crippen LogP contribution >= 0.6 is 0 Å². The Morgan fingerprint density at radius 1 is 1.31 bits per heavy atom. The van der Waals surface area contributed by atoms with Gasteiger partial charge < -0.3 is 10.2 Å². The molecule has 16 heavy (non-hydrogen) atoms. The second kappa shape index (κ2) is 5.15. The quantitative estimate of drug-likeness (QED) is 0.742. The summed E-state index contributed by atoms with van der Waals surface area (Å²) in [6, 6.07) is 0.664. The first-order valence-electron chi connectivity index (χ1n) is 6.38. The minimum Gasteiger partial charge on any atom is -0.356 e. The molecule has 2 rings (SSSR count). The zero-order valence-electron chi connectivity index (χ0n) is 10.4. The van der Waals surface area contributed by atoms with Crippen LogP contribution in [0.15, 0.2) is 0 Å². The summed E-state index contributed by atoms with van der Waals surface area (Å²) in [4.78, 5) is 16.1. The largest absolute Gasteiger partial charge is 0.356 e. The van der Waals surface area contributed by atoms with Crippen molar-refractivity contribution >= 4 is 5.91 Å². The molecular formula is C12H23N3O. The lowest BCUT2D eigenvalue weighted by atomic mass is 10.1. The van der Waals surface area contributed by atoms with Crippen LogP contribution in [0.5, 0.6) is 0 Å². The zero-order valence-corrected chi connectivity index (χ0v) is 10.4. The van der Waals surface area contributed by atoms with E-state index in [1.807, 2.05) is 0 Å². The Morgan fingerprint density at radius 2 is 2.00 bits per heavy atom. The number of amides is 1. The number of carbonyl (C=O) groups is 1. The molecule has 0 aromatic rings. The zero-order chi connectivity index (χ0) is 11.5. The highest BCUT2D eigenvalue weighted by Crippen LogP contribution is 2.13. The van der Waals surface area contributed by atoms with Crippen LogP contribution in [0.4, 0.5) is 0 Å². The van der Waals surface area contributed by atoms with Crippen molar-refractivity contribution in [2.75, 3.05) is 39.3 Å². The first-order chi connectivity index (χ1) is 7.65. The van der Waals surface area contributed by atoms with E-state index in [0.29, 0.717) is 12.0 Å². The molecular weight excluding hydrogens is 202 g/mol. The molecule has 4 heteroatoms. The van der Waals surface area contributed by atoms with E-state index >= 15 is 0 Å². The van der Waals surface area contributed by atoms with Crippen LogP contribution in [0, 0.1) is 5.92 Å². The summed E-state index contributed by atoms with van der Waals surface area (Å²) in [5.41, 5.74) is 0. The Labute approximate surface area is 98.0 Å². The molecule has 2 aliphatic heterocycles. The molecule has 2 aliphatic rings. The van der Waals surface area contributed by atoms with Crippen molar-refractivity contribution in [3.8, 4) is 0 Å². The SMILES string of the molecule is CC(C)N1CCN(C[C@@H]2CNC(=O)C2)CC1. The predicted molar refractivity (Wildman–Crippen MR) is 64.3 cm³/mol. The second-order valence-electron chi connectivity index (χ2n) is 5.30. The number of hydrogen-bond donors (Lipinski definition) is 1. The van der Waals surface area contributed by atoms with Gasteiger partial charge in [0.05, 0.1) is 0 Å². The van der Waals surface area contributed by atoms with Gasteiger partial charge in [-0.05, 0) is 19.8 Å². The number of piperazine rings is 1. The lowest BCUT2D eigenvalue weighted by Gasteiger charge is -2.37. The Bertz CT molecular complexity index is 247. The van der Waals surface area contributed by atoms with Crippen LogP contribution in [0.1, 0.15) is 20.3 Å². The molecule has 1 atom stereocenters.